The van der Waals surface area contributed by atoms with Gasteiger partial charge in [0.05, 0.1) is 6.61 Å². The molecule has 1 N–H and O–H groups in total. The van der Waals surface area contributed by atoms with E-state index >= 15 is 0 Å². The van der Waals surface area contributed by atoms with Gasteiger partial charge >= 0.3 is 5.97 Å². The smallest absolute Gasteiger partial charge is 0.325 e. The zero-order chi connectivity index (χ0) is 15.4. The van der Waals surface area contributed by atoms with Crippen LogP contribution in [0.3, 0.4) is 0 Å². The Morgan fingerprint density at radius 2 is 2.14 bits per heavy atom. The number of hydrogen-bond donors (Lipinski definition) is 1. The molecule has 0 spiro atoms. The van der Waals surface area contributed by atoms with Gasteiger partial charge in [-0.15, -0.1) is 0 Å². The number of ether oxygens (including phenoxy) is 1. The minimum atomic E-state index is -0.820. The van der Waals surface area contributed by atoms with Gasteiger partial charge in [0.1, 0.15) is 11.8 Å². The van der Waals surface area contributed by atoms with E-state index in [9.17, 15) is 9.90 Å². The summed E-state index contributed by atoms with van der Waals surface area (Å²) in [4.78, 5) is 16.1. The predicted molar refractivity (Wildman–Crippen MR) is 81.7 cm³/mol. The van der Waals surface area contributed by atoms with Crippen LogP contribution < -0.4 is 4.74 Å². The van der Waals surface area contributed by atoms with Crippen LogP contribution in [0, 0.1) is 0 Å². The molecule has 5 nitrogen and oxygen atoms in total. The lowest BCUT2D eigenvalue weighted by atomic mass is 10.0. The molecule has 0 saturated carbocycles. The Morgan fingerprint density at radius 1 is 1.43 bits per heavy atom. The largest absolute Gasteiger partial charge is 0.494 e. The molecule has 21 heavy (non-hydrogen) atoms. The van der Waals surface area contributed by atoms with Crippen molar-refractivity contribution in [3.8, 4) is 5.75 Å². The summed E-state index contributed by atoms with van der Waals surface area (Å²) in [7, 11) is 2.08. The average molecular weight is 292 g/mol. The number of rotatable bonds is 5. The van der Waals surface area contributed by atoms with Crippen molar-refractivity contribution in [2.45, 2.75) is 25.9 Å². The van der Waals surface area contributed by atoms with Crippen molar-refractivity contribution in [3.05, 3.63) is 29.8 Å². The Labute approximate surface area is 126 Å². The highest BCUT2D eigenvalue weighted by atomic mass is 16.5. The van der Waals surface area contributed by atoms with Gasteiger partial charge in [-0.1, -0.05) is 18.2 Å². The first-order valence-corrected chi connectivity index (χ1v) is 7.43. The van der Waals surface area contributed by atoms with E-state index in [4.69, 9.17) is 4.74 Å². The van der Waals surface area contributed by atoms with Crippen LogP contribution in [0.15, 0.2) is 24.3 Å². The number of hydrogen-bond acceptors (Lipinski definition) is 4. The van der Waals surface area contributed by atoms with Crippen molar-refractivity contribution in [2.24, 2.45) is 0 Å². The number of carboxylic acid groups (broad SMARTS) is 1. The van der Waals surface area contributed by atoms with Crippen LogP contribution in [0.2, 0.25) is 0 Å². The van der Waals surface area contributed by atoms with Crippen molar-refractivity contribution in [2.75, 3.05) is 33.3 Å². The number of benzene rings is 1. The summed E-state index contributed by atoms with van der Waals surface area (Å²) >= 11 is 0. The lowest BCUT2D eigenvalue weighted by Crippen LogP contribution is -2.52. The molecule has 116 valence electrons. The van der Waals surface area contributed by atoms with E-state index in [1.807, 2.05) is 36.1 Å². The third-order valence-corrected chi connectivity index (χ3v) is 4.10. The van der Waals surface area contributed by atoms with E-state index in [1.165, 1.54) is 0 Å². The topological polar surface area (TPSA) is 53.0 Å². The summed E-state index contributed by atoms with van der Waals surface area (Å²) in [5, 5.41) is 9.71. The van der Waals surface area contributed by atoms with E-state index in [1.54, 1.807) is 0 Å². The maximum atomic E-state index is 11.8. The third-order valence-electron chi connectivity index (χ3n) is 4.10. The van der Waals surface area contributed by atoms with Crippen molar-refractivity contribution in [1.29, 1.82) is 0 Å². The second kappa shape index (κ2) is 6.91. The molecule has 2 unspecified atom stereocenters. The van der Waals surface area contributed by atoms with Gasteiger partial charge in [-0.25, -0.2) is 0 Å². The Balaban J connectivity index is 2.29. The summed E-state index contributed by atoms with van der Waals surface area (Å²) in [5.41, 5.74) is 0.739. The lowest BCUT2D eigenvalue weighted by molar-refractivity contribution is -0.144. The van der Waals surface area contributed by atoms with E-state index < -0.39 is 12.0 Å². The van der Waals surface area contributed by atoms with Gasteiger partial charge in [-0.05, 0) is 27.0 Å². The first-order valence-electron chi connectivity index (χ1n) is 7.43. The second-order valence-corrected chi connectivity index (χ2v) is 5.54. The molecule has 1 fully saturated rings. The molecule has 0 amide bonds. The second-order valence-electron chi connectivity index (χ2n) is 5.54. The average Bonchev–Trinajstić information content (AvgIpc) is 2.45. The van der Waals surface area contributed by atoms with E-state index in [0.717, 1.165) is 25.2 Å². The fourth-order valence-electron chi connectivity index (χ4n) is 2.79. The number of carbonyl (C=O) groups is 1. The van der Waals surface area contributed by atoms with Gasteiger partial charge in [-0.2, -0.15) is 0 Å². The highest BCUT2D eigenvalue weighted by Gasteiger charge is 2.33. The van der Waals surface area contributed by atoms with E-state index in [2.05, 4.69) is 18.9 Å². The maximum Gasteiger partial charge on any atom is 0.325 e. The predicted octanol–water partition coefficient (Wildman–Crippen LogP) is 1.85. The third kappa shape index (κ3) is 3.54. The van der Waals surface area contributed by atoms with Gasteiger partial charge in [-0.3, -0.25) is 9.69 Å². The van der Waals surface area contributed by atoms with Crippen LogP contribution >= 0.6 is 0 Å². The van der Waals surface area contributed by atoms with Crippen molar-refractivity contribution in [3.63, 3.8) is 0 Å². The quantitative estimate of drug-likeness (QED) is 0.897. The monoisotopic (exact) mass is 292 g/mol. The highest BCUT2D eigenvalue weighted by molar-refractivity contribution is 5.76. The first-order chi connectivity index (χ1) is 10.0. The Bertz CT molecular complexity index is 492. The van der Waals surface area contributed by atoms with Crippen LogP contribution in [0.1, 0.15) is 25.5 Å². The van der Waals surface area contributed by atoms with Crippen LogP contribution in [0.4, 0.5) is 0 Å². The first kappa shape index (κ1) is 15.8. The molecule has 5 heteroatoms. The van der Waals surface area contributed by atoms with Crippen LogP contribution in [0.25, 0.3) is 0 Å². The molecule has 1 aromatic carbocycles. The molecule has 2 atom stereocenters. The Morgan fingerprint density at radius 3 is 2.76 bits per heavy atom. The van der Waals surface area contributed by atoms with Gasteiger partial charge < -0.3 is 14.7 Å². The number of carboxylic acids is 1. The lowest BCUT2D eigenvalue weighted by Gasteiger charge is -2.40. The number of piperazine rings is 1. The summed E-state index contributed by atoms with van der Waals surface area (Å²) in [6, 6.07) is 7.14. The highest BCUT2D eigenvalue weighted by Crippen LogP contribution is 2.31. The standard InChI is InChI=1S/C16H24N2O3/c1-4-21-14-8-6-5-7-13(14)15(16(19)20)18-10-9-17(3)12(2)11-18/h5-8,12,15H,4,9-11H2,1-3H3,(H,19,20). The number of nitrogens with zero attached hydrogens (tertiary/aromatic N) is 2. The zero-order valence-electron chi connectivity index (χ0n) is 13.0. The summed E-state index contributed by atoms with van der Waals surface area (Å²) < 4.78 is 5.61. The Kier molecular flexibility index (Phi) is 5.20. The zero-order valence-corrected chi connectivity index (χ0v) is 13.0. The van der Waals surface area contributed by atoms with Crippen LogP contribution in [-0.2, 0) is 4.79 Å². The molecule has 0 bridgehead atoms. The normalized spacial score (nSPS) is 22.0. The van der Waals surface area contributed by atoms with Crippen LogP contribution in [0.5, 0.6) is 5.75 Å². The van der Waals surface area contributed by atoms with E-state index in [-0.39, 0.29) is 0 Å². The fourth-order valence-corrected chi connectivity index (χ4v) is 2.79. The fraction of sp³-hybridized carbons (Fsp3) is 0.562. The molecule has 1 aromatic rings. The molecule has 1 aliphatic heterocycles. The van der Waals surface area contributed by atoms with Gasteiger partial charge in [0.25, 0.3) is 0 Å². The molecular formula is C16H24N2O3. The van der Waals surface area contributed by atoms with Gasteiger partial charge in [0.15, 0.2) is 0 Å². The van der Waals surface area contributed by atoms with Crippen molar-refractivity contribution in [1.82, 2.24) is 9.80 Å². The molecule has 0 radical (unpaired) electrons. The number of aliphatic carboxylic acids is 1. The number of likely N-dealkylation sites (N-methyl/N-ethyl adjacent to an activating group) is 1. The minimum absolute atomic E-state index is 0.347. The van der Waals surface area contributed by atoms with Crippen molar-refractivity contribution >= 4 is 5.97 Å². The summed E-state index contributed by atoms with van der Waals surface area (Å²) in [6.45, 7) is 6.93. The molecule has 0 aliphatic carbocycles. The molecule has 1 heterocycles. The molecule has 1 saturated heterocycles. The van der Waals surface area contributed by atoms with E-state index in [0.29, 0.717) is 18.4 Å². The van der Waals surface area contributed by atoms with Gasteiger partial charge in [0.2, 0.25) is 0 Å². The van der Waals surface area contributed by atoms with Crippen LogP contribution in [-0.4, -0.2) is 60.2 Å². The summed E-state index contributed by atoms with van der Waals surface area (Å²) in [6.07, 6.45) is 0. The maximum absolute atomic E-state index is 11.8. The van der Waals surface area contributed by atoms with Crippen molar-refractivity contribution < 1.29 is 14.6 Å². The summed E-state index contributed by atoms with van der Waals surface area (Å²) in [5.74, 6) is -0.155. The molecular weight excluding hydrogens is 268 g/mol. The molecule has 1 aliphatic rings. The molecule has 0 aromatic heterocycles. The minimum Gasteiger partial charge on any atom is -0.494 e. The SMILES string of the molecule is CCOc1ccccc1C(C(=O)O)N1CCN(C)C(C)C1. The Hall–Kier alpha value is -1.59. The molecule has 2 rings (SSSR count). The van der Waals surface area contributed by atoms with Gasteiger partial charge in [0, 0.05) is 31.2 Å². The number of para-hydroxylation sites is 1.